The highest BCUT2D eigenvalue weighted by atomic mass is 19.1. The van der Waals surface area contributed by atoms with Crippen molar-refractivity contribution in [3.63, 3.8) is 0 Å². The number of alkyl halides is 1. The quantitative estimate of drug-likeness (QED) is 0.546. The van der Waals surface area contributed by atoms with Gasteiger partial charge >= 0.3 is 0 Å². The predicted molar refractivity (Wildman–Crippen MR) is 139 cm³/mol. The maximum atomic E-state index is 13.2. The number of piperidine rings is 1. The van der Waals surface area contributed by atoms with Crippen molar-refractivity contribution in [2.24, 2.45) is 0 Å². The Morgan fingerprint density at radius 1 is 1.11 bits per heavy atom. The predicted octanol–water partition coefficient (Wildman–Crippen LogP) is 3.10. The van der Waals surface area contributed by atoms with Gasteiger partial charge in [-0.25, -0.2) is 19.3 Å². The smallest absolute Gasteiger partial charge is 0.230 e. The summed E-state index contributed by atoms with van der Waals surface area (Å²) in [5.74, 6) is 1.99. The Balaban J connectivity index is 1.09. The van der Waals surface area contributed by atoms with Crippen molar-refractivity contribution < 1.29 is 9.18 Å². The SMILES string of the molecule is CC(C)n1cnc2c1CN(c1ccnc(Nc3ccc(N4CCC(N5CC(F)C5)CC4=O)cn3)n1)CC2. The number of aromatic nitrogens is 5. The molecule has 0 aliphatic carbocycles. The number of imidazole rings is 1. The summed E-state index contributed by atoms with van der Waals surface area (Å²) in [5.41, 5.74) is 3.17. The molecule has 0 saturated carbocycles. The van der Waals surface area contributed by atoms with Crippen molar-refractivity contribution >= 4 is 29.2 Å². The van der Waals surface area contributed by atoms with Crippen molar-refractivity contribution in [2.45, 2.75) is 57.9 Å². The molecule has 2 fully saturated rings. The second-order valence-corrected chi connectivity index (χ2v) is 10.3. The van der Waals surface area contributed by atoms with Gasteiger partial charge in [0, 0.05) is 57.3 Å². The largest absolute Gasteiger partial charge is 0.350 e. The summed E-state index contributed by atoms with van der Waals surface area (Å²) < 4.78 is 15.4. The van der Waals surface area contributed by atoms with E-state index in [1.165, 1.54) is 11.4 Å². The maximum absolute atomic E-state index is 13.2. The average molecular weight is 506 g/mol. The van der Waals surface area contributed by atoms with E-state index < -0.39 is 6.17 Å². The minimum absolute atomic E-state index is 0.0561. The number of hydrogen-bond donors (Lipinski definition) is 1. The van der Waals surface area contributed by atoms with Gasteiger partial charge in [0.25, 0.3) is 0 Å². The van der Waals surface area contributed by atoms with Crippen molar-refractivity contribution in [3.05, 3.63) is 48.3 Å². The maximum Gasteiger partial charge on any atom is 0.230 e. The third-order valence-electron chi connectivity index (χ3n) is 7.54. The van der Waals surface area contributed by atoms with Gasteiger partial charge in [-0.2, -0.15) is 4.98 Å². The molecule has 3 aromatic rings. The molecule has 2 saturated heterocycles. The number of rotatable bonds is 6. The fourth-order valence-corrected chi connectivity index (χ4v) is 5.42. The molecule has 37 heavy (non-hydrogen) atoms. The van der Waals surface area contributed by atoms with Crippen molar-refractivity contribution in [2.75, 3.05) is 41.3 Å². The first-order valence-corrected chi connectivity index (χ1v) is 13.0. The Labute approximate surface area is 215 Å². The molecule has 3 aliphatic heterocycles. The van der Waals surface area contributed by atoms with Crippen LogP contribution >= 0.6 is 0 Å². The van der Waals surface area contributed by atoms with Crippen LogP contribution in [0.15, 0.2) is 36.9 Å². The van der Waals surface area contributed by atoms with Gasteiger partial charge in [-0.05, 0) is 38.5 Å². The molecule has 11 heteroatoms. The molecule has 1 atom stereocenters. The van der Waals surface area contributed by atoms with Gasteiger partial charge in [0.05, 0.1) is 36.1 Å². The van der Waals surface area contributed by atoms with Gasteiger partial charge in [0.2, 0.25) is 11.9 Å². The van der Waals surface area contributed by atoms with Crippen LogP contribution in [-0.4, -0.2) is 73.7 Å². The molecule has 1 amide bonds. The summed E-state index contributed by atoms with van der Waals surface area (Å²) in [6.45, 7) is 7.45. The lowest BCUT2D eigenvalue weighted by molar-refractivity contribution is -0.122. The van der Waals surface area contributed by atoms with Gasteiger partial charge < -0.3 is 19.7 Å². The summed E-state index contributed by atoms with van der Waals surface area (Å²) >= 11 is 0. The number of hydrogen-bond acceptors (Lipinski definition) is 8. The first-order chi connectivity index (χ1) is 17.9. The fourth-order valence-electron chi connectivity index (χ4n) is 5.42. The first-order valence-electron chi connectivity index (χ1n) is 13.0. The van der Waals surface area contributed by atoms with Gasteiger partial charge in [-0.3, -0.25) is 9.69 Å². The first kappa shape index (κ1) is 23.8. The normalized spacial score (nSPS) is 20.8. The van der Waals surface area contributed by atoms with E-state index in [0.717, 1.165) is 37.4 Å². The topological polar surface area (TPSA) is 95.3 Å². The Kier molecular flexibility index (Phi) is 6.23. The Bertz CT molecular complexity index is 1270. The Morgan fingerprint density at radius 2 is 1.97 bits per heavy atom. The second-order valence-electron chi connectivity index (χ2n) is 10.3. The lowest BCUT2D eigenvalue weighted by Crippen LogP contribution is -2.57. The standard InChI is InChI=1S/C26H32FN9O/c1-17(2)36-16-30-21-7-9-33(15-22(21)36)24-5-8-28-26(32-24)31-23-4-3-20(12-29-23)35-10-6-19(11-25(35)37)34-13-18(27)14-34/h3-5,8,12,16-19H,6-7,9-11,13-15H2,1-2H3,(H,28,29,31,32). The number of halogens is 1. The molecule has 6 rings (SSSR count). The zero-order valence-corrected chi connectivity index (χ0v) is 21.2. The highest BCUT2D eigenvalue weighted by Gasteiger charge is 2.37. The van der Waals surface area contributed by atoms with E-state index >= 15 is 0 Å². The molecule has 0 aromatic carbocycles. The summed E-state index contributed by atoms with van der Waals surface area (Å²) in [5, 5.41) is 3.19. The average Bonchev–Trinajstić information content (AvgIpc) is 3.31. The van der Waals surface area contributed by atoms with Gasteiger partial charge in [0.15, 0.2) is 0 Å². The lowest BCUT2D eigenvalue weighted by Gasteiger charge is -2.44. The number of amides is 1. The van der Waals surface area contributed by atoms with Crippen LogP contribution < -0.4 is 15.1 Å². The van der Waals surface area contributed by atoms with E-state index in [1.54, 1.807) is 17.3 Å². The van der Waals surface area contributed by atoms with Crippen molar-refractivity contribution in [1.29, 1.82) is 0 Å². The van der Waals surface area contributed by atoms with Crippen molar-refractivity contribution in [1.82, 2.24) is 29.4 Å². The van der Waals surface area contributed by atoms with Gasteiger partial charge in [-0.15, -0.1) is 0 Å². The molecule has 1 unspecified atom stereocenters. The highest BCUT2D eigenvalue weighted by molar-refractivity contribution is 5.94. The molecule has 194 valence electrons. The number of fused-ring (bicyclic) bond motifs is 1. The monoisotopic (exact) mass is 505 g/mol. The van der Waals surface area contributed by atoms with E-state index in [4.69, 9.17) is 4.98 Å². The summed E-state index contributed by atoms with van der Waals surface area (Å²) in [6, 6.07) is 6.15. The minimum Gasteiger partial charge on any atom is -0.350 e. The second kappa shape index (κ2) is 9.70. The molecule has 1 N–H and O–H groups in total. The molecule has 0 bridgehead atoms. The third kappa shape index (κ3) is 4.75. The van der Waals surface area contributed by atoms with Gasteiger partial charge in [0.1, 0.15) is 17.8 Å². The number of nitrogens with zero attached hydrogens (tertiary/aromatic N) is 8. The van der Waals surface area contributed by atoms with Crippen LogP contribution in [-0.2, 0) is 17.8 Å². The van der Waals surface area contributed by atoms with Crippen LogP contribution in [0.2, 0.25) is 0 Å². The Morgan fingerprint density at radius 3 is 2.70 bits per heavy atom. The molecular formula is C26H32FN9O. The molecule has 10 nitrogen and oxygen atoms in total. The number of pyridine rings is 1. The van der Waals surface area contributed by atoms with E-state index in [1.807, 2.05) is 24.5 Å². The molecular weight excluding hydrogens is 473 g/mol. The van der Waals surface area contributed by atoms with Crippen LogP contribution in [0.5, 0.6) is 0 Å². The van der Waals surface area contributed by atoms with E-state index in [0.29, 0.717) is 43.9 Å². The van der Waals surface area contributed by atoms with Crippen LogP contribution in [0.1, 0.15) is 44.1 Å². The lowest BCUT2D eigenvalue weighted by atomic mass is 9.98. The zero-order valence-electron chi connectivity index (χ0n) is 21.2. The highest BCUT2D eigenvalue weighted by Crippen LogP contribution is 2.28. The third-order valence-corrected chi connectivity index (χ3v) is 7.54. The summed E-state index contributed by atoms with van der Waals surface area (Å²) in [6.07, 6.45) is 6.78. The van der Waals surface area contributed by atoms with Crippen LogP contribution in [0.25, 0.3) is 0 Å². The molecule has 0 spiro atoms. The molecule has 6 heterocycles. The Hall–Kier alpha value is -3.60. The van der Waals surface area contributed by atoms with E-state index in [9.17, 15) is 9.18 Å². The van der Waals surface area contributed by atoms with E-state index in [-0.39, 0.29) is 11.9 Å². The number of anilines is 4. The zero-order chi connectivity index (χ0) is 25.5. The fraction of sp³-hybridized carbons (Fsp3) is 0.500. The molecule has 3 aromatic heterocycles. The molecule has 0 radical (unpaired) electrons. The van der Waals surface area contributed by atoms with Crippen LogP contribution in [0, 0.1) is 0 Å². The molecule has 3 aliphatic rings. The number of carbonyl (C=O) groups is 1. The summed E-state index contributed by atoms with van der Waals surface area (Å²) in [4.78, 5) is 37.0. The van der Waals surface area contributed by atoms with Crippen LogP contribution in [0.3, 0.4) is 0 Å². The number of likely N-dealkylation sites (tertiary alicyclic amines) is 1. The van der Waals surface area contributed by atoms with E-state index in [2.05, 4.69) is 48.5 Å². The van der Waals surface area contributed by atoms with Crippen molar-refractivity contribution in [3.8, 4) is 0 Å². The number of carbonyl (C=O) groups excluding carboxylic acids is 1. The van der Waals surface area contributed by atoms with Crippen LogP contribution in [0.4, 0.5) is 27.7 Å². The number of nitrogens with one attached hydrogen (secondary N) is 1. The van der Waals surface area contributed by atoms with Gasteiger partial charge in [-0.1, -0.05) is 0 Å². The minimum atomic E-state index is -0.746. The summed E-state index contributed by atoms with van der Waals surface area (Å²) in [7, 11) is 0.